The molecule has 0 bridgehead atoms. The van der Waals surface area contributed by atoms with Gasteiger partial charge in [0.25, 0.3) is 22.9 Å². The van der Waals surface area contributed by atoms with Crippen molar-refractivity contribution in [1.82, 2.24) is 40.6 Å². The van der Waals surface area contributed by atoms with Crippen molar-refractivity contribution >= 4 is 87.0 Å². The van der Waals surface area contributed by atoms with E-state index in [1.165, 1.54) is 138 Å². The number of fused-ring (bicyclic) bond motifs is 4. The molecule has 12 rings (SSSR count). The molecule has 0 spiro atoms. The smallest absolute Gasteiger partial charge is 0.278 e. The van der Waals surface area contributed by atoms with E-state index in [0.29, 0.717) is 44.2 Å². The molecule has 0 saturated carbocycles. The number of halogens is 4. The Labute approximate surface area is 527 Å². The molecule has 93 heavy (non-hydrogen) atoms. The third-order valence-electron chi connectivity index (χ3n) is 15.5. The topological polar surface area (TPSA) is 264 Å². The third kappa shape index (κ3) is 12.5. The van der Waals surface area contributed by atoms with E-state index in [0.717, 1.165) is 42.1 Å². The summed E-state index contributed by atoms with van der Waals surface area (Å²) in [5, 5.41) is 22.2. The first-order chi connectivity index (χ1) is 44.2. The number of hydrogen-bond donors (Lipinski definition) is 2. The van der Waals surface area contributed by atoms with Gasteiger partial charge < -0.3 is 24.2 Å². The lowest BCUT2D eigenvalue weighted by Crippen LogP contribution is -2.26. The number of furan rings is 2. The highest BCUT2D eigenvalue weighted by atomic mass is 32.2. The molecule has 4 heterocycles. The zero-order chi connectivity index (χ0) is 66.5. The number of nitrogens with zero attached hydrogens (tertiary/aromatic N) is 8. The summed E-state index contributed by atoms with van der Waals surface area (Å²) in [4.78, 5) is 53.8. The van der Waals surface area contributed by atoms with Crippen LogP contribution in [0.1, 0.15) is 37.4 Å². The van der Waals surface area contributed by atoms with E-state index in [4.69, 9.17) is 13.6 Å². The minimum Gasteiger partial charge on any atom is -0.494 e. The fraction of sp³-hybridized carbons (Fsp3) is 0.152. The monoisotopic (exact) mass is 1300 g/mol. The first-order valence-corrected chi connectivity index (χ1v) is 31.8. The van der Waals surface area contributed by atoms with Crippen molar-refractivity contribution in [3.8, 4) is 50.7 Å². The van der Waals surface area contributed by atoms with Crippen LogP contribution in [-0.4, -0.2) is 106 Å². The maximum absolute atomic E-state index is 15.9. The van der Waals surface area contributed by atoms with E-state index < -0.39 is 66.2 Å². The summed E-state index contributed by atoms with van der Waals surface area (Å²) in [5.74, 6) is -2.51. The van der Waals surface area contributed by atoms with Crippen LogP contribution in [0, 0.1) is 30.2 Å². The molecule has 4 aromatic heterocycles. The van der Waals surface area contributed by atoms with Crippen LogP contribution in [0.4, 0.5) is 28.9 Å². The number of carbonyl (C=O) groups excluding carboxylic acids is 2. The standard InChI is InChI=1S/C33H27F2N5O6S.C33H27F2N5O5S/c1-36-32(41)29-24-15-23(26(39(2)47(4,43)44)16-27(24)46-31(29)19-7-11-22(35)12-8-19)20-13-25-30(28(14-20)45-3)37-38-40(33(25)42)17-18-5-9-21(34)10-6-18;1-18-5-9-20(10-6-18)31-30(32(41)36-2)25-14-23(28(16-29(25)45-31)39(3)46(4,43)44)22-13-24-27(15-26(22)35)37-38-40(33(24)42)17-19-7-11-21(34)12-8-19/h5-16H,17H2,1-4H3,(H,36,41);5-16H,17H2,1-4H3,(H,36,41). The fourth-order valence-corrected chi connectivity index (χ4v) is 11.5. The molecule has 0 saturated heterocycles. The van der Waals surface area contributed by atoms with Crippen molar-refractivity contribution in [2.45, 2.75) is 20.0 Å². The number of methoxy groups -OCH3 is 1. The van der Waals surface area contributed by atoms with E-state index in [2.05, 4.69) is 31.3 Å². The van der Waals surface area contributed by atoms with Crippen LogP contribution in [0.25, 0.3) is 88.6 Å². The molecule has 8 aromatic carbocycles. The first-order valence-electron chi connectivity index (χ1n) is 28.1. The number of ether oxygens (including phenoxy) is 1. The largest absolute Gasteiger partial charge is 0.494 e. The summed E-state index contributed by atoms with van der Waals surface area (Å²) in [6.45, 7) is 1.91. The molecule has 2 N–H and O–H groups in total. The molecule has 0 atom stereocenters. The Morgan fingerprint density at radius 2 is 0.968 bits per heavy atom. The second kappa shape index (κ2) is 25.0. The van der Waals surface area contributed by atoms with Crippen LogP contribution in [-0.2, 0) is 33.1 Å². The van der Waals surface area contributed by atoms with E-state index in [9.17, 15) is 49.2 Å². The molecule has 0 unspecified atom stereocenters. The van der Waals surface area contributed by atoms with Gasteiger partial charge in [0.2, 0.25) is 20.0 Å². The zero-order valence-electron chi connectivity index (χ0n) is 50.7. The van der Waals surface area contributed by atoms with Gasteiger partial charge >= 0.3 is 0 Å². The van der Waals surface area contributed by atoms with Crippen LogP contribution < -0.4 is 35.1 Å². The lowest BCUT2D eigenvalue weighted by molar-refractivity contribution is 0.0956. The molecule has 21 nitrogen and oxygen atoms in total. The van der Waals surface area contributed by atoms with Gasteiger partial charge in [0.05, 0.1) is 66.0 Å². The number of nitrogens with one attached hydrogen (secondary N) is 2. The maximum atomic E-state index is 15.9. The van der Waals surface area contributed by atoms with Gasteiger partial charge in [-0.15, -0.1) is 10.2 Å². The van der Waals surface area contributed by atoms with Crippen LogP contribution >= 0.6 is 0 Å². The number of carbonyl (C=O) groups is 2. The van der Waals surface area contributed by atoms with E-state index in [1.807, 2.05) is 19.1 Å². The van der Waals surface area contributed by atoms with Gasteiger partial charge in [-0.3, -0.25) is 27.8 Å². The summed E-state index contributed by atoms with van der Waals surface area (Å²) >= 11 is 0. The number of benzene rings is 8. The van der Waals surface area contributed by atoms with Gasteiger partial charge in [-0.1, -0.05) is 64.5 Å². The van der Waals surface area contributed by atoms with Crippen molar-refractivity contribution in [3.05, 3.63) is 217 Å². The van der Waals surface area contributed by atoms with Crippen molar-refractivity contribution in [1.29, 1.82) is 0 Å². The molecule has 0 aliphatic rings. The molecule has 0 aliphatic heterocycles. The Hall–Kier alpha value is -11.1. The van der Waals surface area contributed by atoms with Crippen molar-refractivity contribution in [2.24, 2.45) is 0 Å². The Kier molecular flexibility index (Phi) is 17.0. The number of aryl methyl sites for hydroxylation is 1. The molecule has 0 radical (unpaired) electrons. The van der Waals surface area contributed by atoms with Gasteiger partial charge in [0, 0.05) is 85.0 Å². The quantitative estimate of drug-likeness (QED) is 0.0904. The third-order valence-corrected chi connectivity index (χ3v) is 17.9. The molecule has 27 heteroatoms. The predicted octanol–water partition coefficient (Wildman–Crippen LogP) is 10.2. The highest BCUT2D eigenvalue weighted by Crippen LogP contribution is 2.45. The van der Waals surface area contributed by atoms with E-state index in [1.54, 1.807) is 24.3 Å². The summed E-state index contributed by atoms with van der Waals surface area (Å²) < 4.78 is 130. The fourth-order valence-electron chi connectivity index (χ4n) is 10.5. The molecule has 2 amide bonds. The minimum atomic E-state index is -3.87. The summed E-state index contributed by atoms with van der Waals surface area (Å²) in [5.41, 5.74) is 3.87. The van der Waals surface area contributed by atoms with Gasteiger partial charge in [-0.05, 0) is 102 Å². The number of sulfonamides is 2. The van der Waals surface area contributed by atoms with Gasteiger partial charge in [0.1, 0.15) is 62.7 Å². The van der Waals surface area contributed by atoms with E-state index in [-0.39, 0.29) is 97.0 Å². The number of rotatable bonds is 15. The maximum Gasteiger partial charge on any atom is 0.278 e. The highest BCUT2D eigenvalue weighted by Gasteiger charge is 2.30. The summed E-state index contributed by atoms with van der Waals surface area (Å²) in [6.07, 6.45) is 2.03. The number of anilines is 2. The molecular formula is C66H54F4N10O11S2. The molecule has 0 aliphatic carbocycles. The lowest BCUT2D eigenvalue weighted by Gasteiger charge is -2.21. The number of amides is 2. The van der Waals surface area contributed by atoms with Crippen molar-refractivity contribution in [2.75, 3.05) is 56.4 Å². The molecular weight excluding hydrogens is 1250 g/mol. The lowest BCUT2D eigenvalue weighted by atomic mass is 9.97. The minimum absolute atomic E-state index is 0.0132. The summed E-state index contributed by atoms with van der Waals surface area (Å²) in [6, 6.07) is 35.3. The second-order valence-electron chi connectivity index (χ2n) is 21.6. The van der Waals surface area contributed by atoms with Gasteiger partial charge in [0.15, 0.2) is 0 Å². The molecule has 474 valence electrons. The van der Waals surface area contributed by atoms with Crippen LogP contribution in [0.5, 0.6) is 5.75 Å². The Bertz CT molecular complexity index is 5360. The predicted molar refractivity (Wildman–Crippen MR) is 344 cm³/mol. The van der Waals surface area contributed by atoms with E-state index >= 15 is 4.39 Å². The molecule has 0 fully saturated rings. The molecule has 12 aromatic rings. The Morgan fingerprint density at radius 3 is 1.44 bits per heavy atom. The first kappa shape index (κ1) is 63.5. The zero-order valence-corrected chi connectivity index (χ0v) is 52.3. The number of aromatic nitrogens is 6. The summed E-state index contributed by atoms with van der Waals surface area (Å²) in [7, 11) is -0.705. The number of hydrogen-bond acceptors (Lipinski definition) is 15. The second-order valence-corrected chi connectivity index (χ2v) is 25.6. The average molecular weight is 1300 g/mol. The van der Waals surface area contributed by atoms with Crippen LogP contribution in [0.3, 0.4) is 0 Å². The van der Waals surface area contributed by atoms with Gasteiger partial charge in [-0.25, -0.2) is 43.8 Å². The highest BCUT2D eigenvalue weighted by molar-refractivity contribution is 7.92. The van der Waals surface area contributed by atoms with Crippen LogP contribution in [0.2, 0.25) is 0 Å². The van der Waals surface area contributed by atoms with Crippen molar-refractivity contribution in [3.63, 3.8) is 0 Å². The Balaban J connectivity index is 0.000000190. The normalized spacial score (nSPS) is 11.7. The van der Waals surface area contributed by atoms with Crippen LogP contribution in [0.15, 0.2) is 164 Å². The average Bonchev–Trinajstić information content (AvgIpc) is 1.70. The SMILES string of the molecule is CNC(=O)c1c(-c2ccc(C)cc2)oc2cc(N(C)S(C)(=O)=O)c(-c3cc4c(=O)n(Cc5ccc(F)cc5)nnc4cc3F)cc12.CNC(=O)c1c(-c2ccc(F)cc2)oc2cc(N(C)S(C)(=O)=O)c(-c3cc(OC)c4nnn(Cc5ccc(F)cc5)c(=O)c4c3)cc12. The van der Waals surface area contributed by atoms with Gasteiger partial charge in [-0.2, -0.15) is 0 Å². The Morgan fingerprint density at radius 1 is 0.538 bits per heavy atom. The van der Waals surface area contributed by atoms with Crippen molar-refractivity contribution < 1.29 is 57.6 Å².